The zero-order valence-electron chi connectivity index (χ0n) is 19.9. The van der Waals surface area contributed by atoms with Gasteiger partial charge in [-0.25, -0.2) is 0 Å². The first-order valence-electron chi connectivity index (χ1n) is 11.7. The smallest absolute Gasteiger partial charge is 0.596 e. The Morgan fingerprint density at radius 3 is 0.774 bits per heavy atom. The Morgan fingerprint density at radius 1 is 0.419 bits per heavy atom. The molecule has 3 unspecified atom stereocenters. The van der Waals surface area contributed by atoms with Gasteiger partial charge >= 0.3 is 41.2 Å². The molecule has 0 N–H and O–H groups in total. The van der Waals surface area contributed by atoms with Crippen LogP contribution in [-0.2, 0) is 30.8 Å². The standard InChI is InChI=1S/3C7H15O2P.Fe/c3*1-2-3-4-5-6-7-10(8)9;/h3*2-7H2,1H3;/q;;;+3. The van der Waals surface area contributed by atoms with Crippen LogP contribution in [0.1, 0.15) is 117 Å². The molecule has 0 rings (SSSR count). The van der Waals surface area contributed by atoms with E-state index in [0.717, 1.165) is 38.5 Å². The summed E-state index contributed by atoms with van der Waals surface area (Å²) in [5.74, 6) is 0. The molecule has 0 spiro atoms. The van der Waals surface area contributed by atoms with E-state index in [1.807, 2.05) is 0 Å². The third-order valence-corrected chi connectivity index (χ3v) is 6.38. The predicted molar refractivity (Wildman–Crippen MR) is 124 cm³/mol. The summed E-state index contributed by atoms with van der Waals surface area (Å²) < 4.78 is 30.2. The molecule has 0 aliphatic rings. The van der Waals surface area contributed by atoms with E-state index in [-0.39, 0.29) is 17.1 Å². The fourth-order valence-corrected chi connectivity index (χ4v) is 3.98. The van der Waals surface area contributed by atoms with Crippen LogP contribution >= 0.6 is 24.1 Å². The summed E-state index contributed by atoms with van der Waals surface area (Å²) in [6, 6.07) is 0. The molecule has 0 bridgehead atoms. The van der Waals surface area contributed by atoms with Gasteiger partial charge in [-0.3, -0.25) is 0 Å². The summed E-state index contributed by atoms with van der Waals surface area (Å²) in [5, 5.41) is 0. The van der Waals surface area contributed by atoms with E-state index in [4.69, 9.17) is 0 Å². The van der Waals surface area contributed by atoms with Gasteiger partial charge in [0.15, 0.2) is 0 Å². The van der Waals surface area contributed by atoms with Gasteiger partial charge in [-0.15, -0.1) is 0 Å². The molecule has 0 saturated heterocycles. The average Bonchev–Trinajstić information content (AvgIpc) is 2.68. The van der Waals surface area contributed by atoms with Gasteiger partial charge in [0.1, 0.15) is 18.5 Å². The van der Waals surface area contributed by atoms with Gasteiger partial charge in [0.25, 0.3) is 0 Å². The quantitative estimate of drug-likeness (QED) is 0.116. The SMILES string of the molecule is CCCCCCC[P+](=O)[O-].CCCCCCC[P+](=O)[O-].CCCCCCC[P+](=O)[O-].[Fe+3]. The molecule has 0 fully saturated rings. The van der Waals surface area contributed by atoms with Gasteiger partial charge in [-0.05, 0) is 38.5 Å². The molecular formula is C21H45FeO6P3+3. The molecule has 6 nitrogen and oxygen atoms in total. The average molecular weight is 542 g/mol. The largest absolute Gasteiger partial charge is 3.00 e. The second kappa shape index (κ2) is 35.3. The molecule has 0 amide bonds. The first-order valence-corrected chi connectivity index (χ1v) is 15.8. The maximum atomic E-state index is 10.1. The molecular weight excluding hydrogens is 497 g/mol. The van der Waals surface area contributed by atoms with Crippen molar-refractivity contribution >= 4 is 24.1 Å². The Hall–Kier alpha value is 0.699. The van der Waals surface area contributed by atoms with E-state index < -0.39 is 24.1 Å². The van der Waals surface area contributed by atoms with Gasteiger partial charge < -0.3 is 14.7 Å². The van der Waals surface area contributed by atoms with Crippen molar-refractivity contribution in [2.45, 2.75) is 117 Å². The minimum absolute atomic E-state index is 0. The van der Waals surface area contributed by atoms with Crippen molar-refractivity contribution in [2.75, 3.05) is 18.5 Å². The Kier molecular flexibility index (Phi) is 44.3. The van der Waals surface area contributed by atoms with Crippen LogP contribution in [0, 0.1) is 0 Å². The molecule has 0 aromatic heterocycles. The zero-order chi connectivity index (χ0) is 23.5. The number of unbranched alkanes of at least 4 members (excludes halogenated alkanes) is 12. The molecule has 185 valence electrons. The number of rotatable bonds is 18. The second-order valence-electron chi connectivity index (χ2n) is 7.41. The molecule has 0 aromatic carbocycles. The van der Waals surface area contributed by atoms with Crippen LogP contribution in [0.2, 0.25) is 0 Å². The van der Waals surface area contributed by atoms with E-state index in [0.29, 0.717) is 18.5 Å². The molecule has 0 aromatic rings. The maximum Gasteiger partial charge on any atom is 3.00 e. The normalized spacial score (nSPS) is 11.2. The Balaban J connectivity index is -0.000000174. The zero-order valence-corrected chi connectivity index (χ0v) is 23.7. The first kappa shape index (κ1) is 38.9. The fourth-order valence-electron chi connectivity index (χ4n) is 2.53. The van der Waals surface area contributed by atoms with Crippen LogP contribution in [0.25, 0.3) is 0 Å². The van der Waals surface area contributed by atoms with Crippen LogP contribution in [0.4, 0.5) is 0 Å². The van der Waals surface area contributed by atoms with E-state index in [9.17, 15) is 28.4 Å². The van der Waals surface area contributed by atoms with Crippen molar-refractivity contribution in [3.63, 3.8) is 0 Å². The minimum atomic E-state index is -2.12. The topological polar surface area (TPSA) is 120 Å². The maximum absolute atomic E-state index is 10.1. The third kappa shape index (κ3) is 53.7. The van der Waals surface area contributed by atoms with E-state index in [1.165, 1.54) is 57.8 Å². The molecule has 0 aliphatic heterocycles. The molecule has 0 heterocycles. The third-order valence-electron chi connectivity index (χ3n) is 4.33. The summed E-state index contributed by atoms with van der Waals surface area (Å²) in [7, 11) is -6.36. The molecule has 10 heteroatoms. The summed E-state index contributed by atoms with van der Waals surface area (Å²) >= 11 is 0. The van der Waals surface area contributed by atoms with E-state index in [1.54, 1.807) is 0 Å². The van der Waals surface area contributed by atoms with Crippen LogP contribution < -0.4 is 14.7 Å². The Morgan fingerprint density at radius 2 is 0.613 bits per heavy atom. The first-order chi connectivity index (χ1) is 14.3. The van der Waals surface area contributed by atoms with Crippen molar-refractivity contribution in [3.8, 4) is 0 Å². The molecule has 1 radical (unpaired) electrons. The van der Waals surface area contributed by atoms with Gasteiger partial charge in [0.2, 0.25) is 0 Å². The Labute approximate surface area is 204 Å². The molecule has 0 saturated carbocycles. The van der Waals surface area contributed by atoms with Crippen molar-refractivity contribution in [3.05, 3.63) is 0 Å². The van der Waals surface area contributed by atoms with Crippen LogP contribution in [0.15, 0.2) is 0 Å². The minimum Gasteiger partial charge on any atom is -0.596 e. The van der Waals surface area contributed by atoms with Crippen LogP contribution in [-0.4, -0.2) is 18.5 Å². The van der Waals surface area contributed by atoms with E-state index in [2.05, 4.69) is 20.8 Å². The van der Waals surface area contributed by atoms with Gasteiger partial charge in [-0.2, -0.15) is 0 Å². The van der Waals surface area contributed by atoms with Gasteiger partial charge in [-0.1, -0.05) is 92.3 Å². The van der Waals surface area contributed by atoms with E-state index >= 15 is 0 Å². The van der Waals surface area contributed by atoms with Crippen molar-refractivity contribution < 1.29 is 45.4 Å². The Bertz CT molecular complexity index is 344. The number of hydrogen-bond acceptors (Lipinski definition) is 6. The second-order valence-corrected chi connectivity index (χ2v) is 10.7. The van der Waals surface area contributed by atoms with Crippen LogP contribution in [0.5, 0.6) is 0 Å². The van der Waals surface area contributed by atoms with Crippen molar-refractivity contribution in [2.24, 2.45) is 0 Å². The van der Waals surface area contributed by atoms with Gasteiger partial charge in [0.05, 0.1) is 0 Å². The predicted octanol–water partition coefficient (Wildman–Crippen LogP) is 6.18. The van der Waals surface area contributed by atoms with Gasteiger partial charge in [0, 0.05) is 0 Å². The monoisotopic (exact) mass is 542 g/mol. The molecule has 31 heavy (non-hydrogen) atoms. The summed E-state index contributed by atoms with van der Waals surface area (Å²) in [6.45, 7) is 6.44. The van der Waals surface area contributed by atoms with Crippen molar-refractivity contribution in [1.29, 1.82) is 0 Å². The summed E-state index contributed by atoms with van der Waals surface area (Å²) in [6.07, 6.45) is 17.7. The molecule has 3 atom stereocenters. The van der Waals surface area contributed by atoms with Crippen LogP contribution in [0.3, 0.4) is 0 Å². The van der Waals surface area contributed by atoms with Crippen molar-refractivity contribution in [1.82, 2.24) is 0 Å². The summed E-state index contributed by atoms with van der Waals surface area (Å²) in [5.41, 5.74) is 0. The summed E-state index contributed by atoms with van der Waals surface area (Å²) in [4.78, 5) is 30.2. The number of hydrogen-bond donors (Lipinski definition) is 0. The fraction of sp³-hybridized carbons (Fsp3) is 1.00. The molecule has 0 aliphatic carbocycles.